The molecular formula is C15H18BrN3O3. The SMILES string of the molecule is CC(C)C(Oc1ccc(Br)cc1)c1noc(C(=O)N(C)C)n1. The predicted octanol–water partition coefficient (Wildman–Crippen LogP) is 3.31. The van der Waals surface area contributed by atoms with Crippen molar-refractivity contribution in [2.75, 3.05) is 14.1 Å². The third kappa shape index (κ3) is 3.85. The fraction of sp³-hybridized carbons (Fsp3) is 0.400. The second kappa shape index (κ2) is 6.91. The molecule has 7 heteroatoms. The standard InChI is InChI=1S/C15H18BrN3O3/c1-9(2)12(21-11-7-5-10(16)6-8-11)13-17-14(22-18-13)15(20)19(3)4/h5-9,12H,1-4H3. The molecule has 1 aromatic carbocycles. The van der Waals surface area contributed by atoms with Crippen LogP contribution in [-0.4, -0.2) is 35.0 Å². The van der Waals surface area contributed by atoms with Gasteiger partial charge in [-0.15, -0.1) is 0 Å². The van der Waals surface area contributed by atoms with Crippen molar-refractivity contribution in [3.8, 4) is 5.75 Å². The molecule has 0 fully saturated rings. The molecule has 2 rings (SSSR count). The Bertz CT molecular complexity index is 638. The van der Waals surface area contributed by atoms with Gasteiger partial charge in [0.05, 0.1) is 0 Å². The van der Waals surface area contributed by atoms with E-state index >= 15 is 0 Å². The second-order valence-electron chi connectivity index (χ2n) is 5.39. The topological polar surface area (TPSA) is 68.5 Å². The Labute approximate surface area is 137 Å². The van der Waals surface area contributed by atoms with Crippen molar-refractivity contribution in [2.24, 2.45) is 5.92 Å². The first-order valence-corrected chi connectivity index (χ1v) is 7.65. The Kier molecular flexibility index (Phi) is 5.18. The van der Waals surface area contributed by atoms with E-state index < -0.39 is 6.10 Å². The summed E-state index contributed by atoms with van der Waals surface area (Å²) in [5.41, 5.74) is 0. The number of nitrogens with zero attached hydrogens (tertiary/aromatic N) is 3. The van der Waals surface area contributed by atoms with E-state index in [1.54, 1.807) is 14.1 Å². The average molecular weight is 368 g/mol. The zero-order chi connectivity index (χ0) is 16.3. The summed E-state index contributed by atoms with van der Waals surface area (Å²) < 4.78 is 11.9. The van der Waals surface area contributed by atoms with Gasteiger partial charge in [0.15, 0.2) is 6.10 Å². The summed E-state index contributed by atoms with van der Waals surface area (Å²) in [5, 5.41) is 3.89. The lowest BCUT2D eigenvalue weighted by molar-refractivity contribution is 0.0779. The quantitative estimate of drug-likeness (QED) is 0.810. The highest BCUT2D eigenvalue weighted by molar-refractivity contribution is 9.10. The molecule has 1 heterocycles. The highest BCUT2D eigenvalue weighted by atomic mass is 79.9. The molecule has 0 radical (unpaired) electrons. The van der Waals surface area contributed by atoms with Gasteiger partial charge in [-0.2, -0.15) is 4.98 Å². The van der Waals surface area contributed by atoms with E-state index in [1.807, 2.05) is 38.1 Å². The van der Waals surface area contributed by atoms with Crippen LogP contribution in [0.25, 0.3) is 0 Å². The maximum Gasteiger partial charge on any atom is 0.316 e. The minimum Gasteiger partial charge on any atom is -0.482 e. The van der Waals surface area contributed by atoms with E-state index in [2.05, 4.69) is 26.1 Å². The first-order valence-electron chi connectivity index (χ1n) is 6.86. The van der Waals surface area contributed by atoms with Gasteiger partial charge in [-0.05, 0) is 30.2 Å². The highest BCUT2D eigenvalue weighted by Crippen LogP contribution is 2.27. The molecule has 0 aliphatic rings. The minimum absolute atomic E-state index is 0.0370. The number of hydrogen-bond acceptors (Lipinski definition) is 5. The third-order valence-electron chi connectivity index (χ3n) is 2.97. The number of benzene rings is 1. The molecule has 1 aromatic heterocycles. The van der Waals surface area contributed by atoms with E-state index in [9.17, 15) is 4.79 Å². The zero-order valence-corrected chi connectivity index (χ0v) is 14.5. The van der Waals surface area contributed by atoms with Crippen molar-refractivity contribution in [1.29, 1.82) is 0 Å². The van der Waals surface area contributed by atoms with Crippen molar-refractivity contribution < 1.29 is 14.1 Å². The largest absolute Gasteiger partial charge is 0.482 e. The summed E-state index contributed by atoms with van der Waals surface area (Å²) in [6, 6.07) is 7.49. The molecule has 0 aliphatic carbocycles. The van der Waals surface area contributed by atoms with Gasteiger partial charge in [-0.25, -0.2) is 0 Å². The minimum atomic E-state index is -0.395. The summed E-state index contributed by atoms with van der Waals surface area (Å²) in [4.78, 5) is 17.4. The van der Waals surface area contributed by atoms with Crippen LogP contribution in [0.4, 0.5) is 0 Å². The molecule has 118 valence electrons. The van der Waals surface area contributed by atoms with Crippen molar-refractivity contribution in [2.45, 2.75) is 20.0 Å². The van der Waals surface area contributed by atoms with Gasteiger partial charge < -0.3 is 14.2 Å². The Hall–Kier alpha value is -1.89. The van der Waals surface area contributed by atoms with Gasteiger partial charge in [0, 0.05) is 18.6 Å². The van der Waals surface area contributed by atoms with Crippen molar-refractivity contribution in [1.82, 2.24) is 15.0 Å². The van der Waals surface area contributed by atoms with Gasteiger partial charge in [-0.1, -0.05) is 34.9 Å². The molecule has 0 saturated heterocycles. The molecule has 0 N–H and O–H groups in total. The van der Waals surface area contributed by atoms with Crippen LogP contribution in [0.15, 0.2) is 33.3 Å². The summed E-state index contributed by atoms with van der Waals surface area (Å²) in [6.07, 6.45) is -0.395. The van der Waals surface area contributed by atoms with Crippen LogP contribution in [0.3, 0.4) is 0 Å². The van der Waals surface area contributed by atoms with Gasteiger partial charge in [0.1, 0.15) is 5.75 Å². The smallest absolute Gasteiger partial charge is 0.316 e. The van der Waals surface area contributed by atoms with Crippen LogP contribution in [0.5, 0.6) is 5.75 Å². The van der Waals surface area contributed by atoms with Gasteiger partial charge >= 0.3 is 11.8 Å². The van der Waals surface area contributed by atoms with Crippen LogP contribution in [0.1, 0.15) is 36.5 Å². The summed E-state index contributed by atoms with van der Waals surface area (Å²) in [6.45, 7) is 3.99. The van der Waals surface area contributed by atoms with E-state index in [0.29, 0.717) is 11.6 Å². The number of aromatic nitrogens is 2. The van der Waals surface area contributed by atoms with Crippen LogP contribution >= 0.6 is 15.9 Å². The van der Waals surface area contributed by atoms with Crippen LogP contribution < -0.4 is 4.74 Å². The third-order valence-corrected chi connectivity index (χ3v) is 3.50. The summed E-state index contributed by atoms with van der Waals surface area (Å²) in [5.74, 6) is 0.814. The first-order chi connectivity index (χ1) is 10.4. The van der Waals surface area contributed by atoms with Gasteiger partial charge in [-0.3, -0.25) is 4.79 Å². The number of carbonyl (C=O) groups excluding carboxylic acids is 1. The van der Waals surface area contributed by atoms with Crippen LogP contribution in [0, 0.1) is 5.92 Å². The number of carbonyl (C=O) groups is 1. The van der Waals surface area contributed by atoms with Gasteiger partial charge in [0.25, 0.3) is 0 Å². The van der Waals surface area contributed by atoms with Crippen molar-refractivity contribution >= 4 is 21.8 Å². The molecule has 1 unspecified atom stereocenters. The second-order valence-corrected chi connectivity index (χ2v) is 6.31. The van der Waals surface area contributed by atoms with Crippen molar-refractivity contribution in [3.05, 3.63) is 40.5 Å². The first kappa shape index (κ1) is 16.5. The molecule has 0 aliphatic heterocycles. The molecule has 2 aromatic rings. The van der Waals surface area contributed by atoms with E-state index in [0.717, 1.165) is 4.47 Å². The molecule has 22 heavy (non-hydrogen) atoms. The lowest BCUT2D eigenvalue weighted by Gasteiger charge is -2.19. The van der Waals surface area contributed by atoms with E-state index in [4.69, 9.17) is 9.26 Å². The molecule has 0 bridgehead atoms. The maximum atomic E-state index is 11.8. The Balaban J connectivity index is 2.21. The monoisotopic (exact) mass is 367 g/mol. The lowest BCUT2D eigenvalue weighted by atomic mass is 10.1. The molecule has 0 saturated carbocycles. The molecular weight excluding hydrogens is 350 g/mol. The Morgan fingerprint density at radius 1 is 1.27 bits per heavy atom. The average Bonchev–Trinajstić information content (AvgIpc) is 2.94. The van der Waals surface area contributed by atoms with Crippen LogP contribution in [0.2, 0.25) is 0 Å². The number of ether oxygens (including phenoxy) is 1. The highest BCUT2D eigenvalue weighted by Gasteiger charge is 2.26. The van der Waals surface area contributed by atoms with Crippen molar-refractivity contribution in [3.63, 3.8) is 0 Å². The fourth-order valence-corrected chi connectivity index (χ4v) is 2.04. The number of rotatable bonds is 5. The van der Waals surface area contributed by atoms with Gasteiger partial charge in [0.2, 0.25) is 5.82 Å². The number of halogens is 1. The van der Waals surface area contributed by atoms with E-state index in [-0.39, 0.29) is 17.7 Å². The Morgan fingerprint density at radius 2 is 1.91 bits per heavy atom. The molecule has 1 atom stereocenters. The zero-order valence-electron chi connectivity index (χ0n) is 12.9. The normalized spacial score (nSPS) is 12.3. The predicted molar refractivity (Wildman–Crippen MR) is 84.7 cm³/mol. The number of hydrogen-bond donors (Lipinski definition) is 0. The number of amides is 1. The molecule has 1 amide bonds. The van der Waals surface area contributed by atoms with E-state index in [1.165, 1.54) is 4.90 Å². The summed E-state index contributed by atoms with van der Waals surface area (Å²) in [7, 11) is 3.26. The molecule has 6 nitrogen and oxygen atoms in total. The summed E-state index contributed by atoms with van der Waals surface area (Å²) >= 11 is 3.38. The fourth-order valence-electron chi connectivity index (χ4n) is 1.78. The Morgan fingerprint density at radius 3 is 2.45 bits per heavy atom. The maximum absolute atomic E-state index is 11.8. The van der Waals surface area contributed by atoms with Crippen LogP contribution in [-0.2, 0) is 0 Å². The lowest BCUT2D eigenvalue weighted by Crippen LogP contribution is -2.22. The molecule has 0 spiro atoms.